The van der Waals surface area contributed by atoms with Crippen molar-refractivity contribution in [2.24, 2.45) is 0 Å². The highest BCUT2D eigenvalue weighted by atomic mass is 19.1. The Morgan fingerprint density at radius 3 is 2.65 bits per heavy atom. The van der Waals surface area contributed by atoms with E-state index in [1.807, 2.05) is 0 Å². The lowest BCUT2D eigenvalue weighted by molar-refractivity contribution is 0.0898. The van der Waals surface area contributed by atoms with E-state index in [1.165, 1.54) is 13.0 Å². The maximum atomic E-state index is 13.4. The van der Waals surface area contributed by atoms with E-state index in [0.29, 0.717) is 0 Å². The van der Waals surface area contributed by atoms with Crippen LogP contribution in [0.15, 0.2) is 22.7 Å². The van der Waals surface area contributed by atoms with Gasteiger partial charge >= 0.3 is 0 Å². The maximum absolute atomic E-state index is 13.4. The highest BCUT2D eigenvalue weighted by Crippen LogP contribution is 2.19. The van der Waals surface area contributed by atoms with Crippen LogP contribution in [0.3, 0.4) is 0 Å². The van der Waals surface area contributed by atoms with Crippen LogP contribution in [0.4, 0.5) is 8.78 Å². The van der Waals surface area contributed by atoms with Gasteiger partial charge in [0.2, 0.25) is 5.89 Å². The summed E-state index contributed by atoms with van der Waals surface area (Å²) in [6, 6.07) is 3.22. The van der Waals surface area contributed by atoms with Crippen molar-refractivity contribution in [2.45, 2.75) is 13.0 Å². The summed E-state index contributed by atoms with van der Waals surface area (Å²) in [7, 11) is 0. The van der Waals surface area contributed by atoms with Crippen LogP contribution >= 0.6 is 0 Å². The van der Waals surface area contributed by atoms with Crippen LogP contribution in [0.2, 0.25) is 0 Å². The van der Waals surface area contributed by atoms with Gasteiger partial charge in [-0.3, -0.25) is 4.79 Å². The number of aliphatic hydroxyl groups excluding tert-OH is 1. The molecule has 1 aromatic heterocycles. The van der Waals surface area contributed by atoms with Crippen LogP contribution in [-0.2, 0) is 0 Å². The Balaban J connectivity index is 2.02. The minimum Gasteiger partial charge on any atom is -0.386 e. The molecule has 0 aliphatic heterocycles. The molecule has 0 radical (unpaired) electrons. The molecule has 1 heterocycles. The molecular weight excluding hydrogens is 272 g/mol. The molecule has 2 aromatic rings. The van der Waals surface area contributed by atoms with Crippen molar-refractivity contribution in [2.75, 3.05) is 6.54 Å². The van der Waals surface area contributed by atoms with Crippen molar-refractivity contribution in [3.63, 3.8) is 0 Å². The second-order valence-electron chi connectivity index (χ2n) is 4.00. The number of amides is 1. The highest BCUT2D eigenvalue weighted by Gasteiger charge is 2.20. The SMILES string of the molecule is Cc1nc(C(=O)NCC(O)c2c(F)cccc2F)no1. The summed E-state index contributed by atoms with van der Waals surface area (Å²) in [6.07, 6.45) is -1.52. The molecule has 0 saturated heterocycles. The number of benzene rings is 1. The molecule has 2 rings (SSSR count). The van der Waals surface area contributed by atoms with E-state index >= 15 is 0 Å². The van der Waals surface area contributed by atoms with Crippen molar-refractivity contribution in [3.8, 4) is 0 Å². The van der Waals surface area contributed by atoms with Gasteiger partial charge in [-0.15, -0.1) is 0 Å². The summed E-state index contributed by atoms with van der Waals surface area (Å²) in [6.45, 7) is 1.12. The molecule has 20 heavy (non-hydrogen) atoms. The number of nitrogens with zero attached hydrogens (tertiary/aromatic N) is 2. The lowest BCUT2D eigenvalue weighted by atomic mass is 10.1. The van der Waals surface area contributed by atoms with Gasteiger partial charge in [-0.2, -0.15) is 4.98 Å². The van der Waals surface area contributed by atoms with Crippen molar-refractivity contribution < 1.29 is 23.2 Å². The summed E-state index contributed by atoms with van der Waals surface area (Å²) in [4.78, 5) is 15.2. The molecule has 0 aliphatic carbocycles. The van der Waals surface area contributed by atoms with Gasteiger partial charge in [0.15, 0.2) is 0 Å². The summed E-state index contributed by atoms with van der Waals surface area (Å²) >= 11 is 0. The zero-order valence-electron chi connectivity index (χ0n) is 10.4. The van der Waals surface area contributed by atoms with Crippen molar-refractivity contribution >= 4 is 5.91 Å². The number of carbonyl (C=O) groups is 1. The molecule has 0 spiro atoms. The predicted octanol–water partition coefficient (Wildman–Crippen LogP) is 1.12. The van der Waals surface area contributed by atoms with Gasteiger partial charge < -0.3 is 14.9 Å². The first-order chi connectivity index (χ1) is 9.49. The molecule has 8 heteroatoms. The van der Waals surface area contributed by atoms with E-state index in [-0.39, 0.29) is 18.3 Å². The number of rotatable bonds is 4. The first kappa shape index (κ1) is 14.1. The quantitative estimate of drug-likeness (QED) is 0.877. The molecule has 1 atom stereocenters. The van der Waals surface area contributed by atoms with Gasteiger partial charge in [-0.1, -0.05) is 11.2 Å². The van der Waals surface area contributed by atoms with E-state index in [0.717, 1.165) is 12.1 Å². The first-order valence-electron chi connectivity index (χ1n) is 5.69. The summed E-state index contributed by atoms with van der Waals surface area (Å²) in [5.74, 6) is -2.50. The summed E-state index contributed by atoms with van der Waals surface area (Å²) in [5.41, 5.74) is -0.503. The lowest BCUT2D eigenvalue weighted by Gasteiger charge is -2.13. The number of carbonyl (C=O) groups excluding carboxylic acids is 1. The molecule has 0 fully saturated rings. The smallest absolute Gasteiger partial charge is 0.292 e. The van der Waals surface area contributed by atoms with Crippen LogP contribution in [0.5, 0.6) is 0 Å². The molecular formula is C12H11F2N3O3. The normalized spacial score (nSPS) is 12.2. The van der Waals surface area contributed by atoms with Gasteiger partial charge in [0, 0.05) is 13.5 Å². The topological polar surface area (TPSA) is 88.2 Å². The van der Waals surface area contributed by atoms with Gasteiger partial charge in [0.05, 0.1) is 5.56 Å². The molecule has 6 nitrogen and oxygen atoms in total. The number of halogens is 2. The van der Waals surface area contributed by atoms with Gasteiger partial charge in [-0.25, -0.2) is 8.78 Å². The largest absolute Gasteiger partial charge is 0.386 e. The highest BCUT2D eigenvalue weighted by molar-refractivity contribution is 5.90. The molecule has 0 bridgehead atoms. The van der Waals surface area contributed by atoms with E-state index in [1.54, 1.807) is 0 Å². The fourth-order valence-electron chi connectivity index (χ4n) is 1.59. The summed E-state index contributed by atoms with van der Waals surface area (Å²) < 4.78 is 31.4. The van der Waals surface area contributed by atoms with Crippen molar-refractivity contribution in [1.29, 1.82) is 0 Å². The Bertz CT molecular complexity index is 610. The Labute approximate surface area is 112 Å². The van der Waals surface area contributed by atoms with Crippen LogP contribution in [0, 0.1) is 18.6 Å². The zero-order chi connectivity index (χ0) is 14.7. The monoisotopic (exact) mass is 283 g/mol. The Morgan fingerprint density at radius 1 is 1.45 bits per heavy atom. The Kier molecular flexibility index (Phi) is 4.04. The number of nitrogens with one attached hydrogen (secondary N) is 1. The zero-order valence-corrected chi connectivity index (χ0v) is 10.4. The van der Waals surface area contributed by atoms with E-state index in [4.69, 9.17) is 0 Å². The lowest BCUT2D eigenvalue weighted by Crippen LogP contribution is -2.29. The fourth-order valence-corrected chi connectivity index (χ4v) is 1.59. The third-order valence-corrected chi connectivity index (χ3v) is 2.52. The second kappa shape index (κ2) is 5.74. The number of aliphatic hydroxyl groups is 1. The van der Waals surface area contributed by atoms with Gasteiger partial charge in [0.1, 0.15) is 17.7 Å². The van der Waals surface area contributed by atoms with Gasteiger partial charge in [-0.05, 0) is 12.1 Å². The molecule has 2 N–H and O–H groups in total. The maximum Gasteiger partial charge on any atom is 0.292 e. The number of aromatic nitrogens is 2. The van der Waals surface area contributed by atoms with Crippen LogP contribution in [-0.4, -0.2) is 27.7 Å². The Hall–Kier alpha value is -2.35. The second-order valence-corrected chi connectivity index (χ2v) is 4.00. The van der Waals surface area contributed by atoms with E-state index < -0.39 is 29.2 Å². The molecule has 0 aliphatic rings. The third kappa shape index (κ3) is 2.97. The molecule has 1 unspecified atom stereocenters. The molecule has 106 valence electrons. The Morgan fingerprint density at radius 2 is 2.10 bits per heavy atom. The average molecular weight is 283 g/mol. The molecule has 1 amide bonds. The van der Waals surface area contributed by atoms with Crippen LogP contribution in [0.25, 0.3) is 0 Å². The average Bonchev–Trinajstić information content (AvgIpc) is 2.82. The number of hydrogen-bond donors (Lipinski definition) is 2. The standard InChI is InChI=1S/C12H11F2N3O3/c1-6-16-11(17-20-6)12(19)15-5-9(18)10-7(13)3-2-4-8(10)14/h2-4,9,18H,5H2,1H3,(H,15,19). The molecule has 1 aromatic carbocycles. The summed E-state index contributed by atoms with van der Waals surface area (Å²) in [5, 5.41) is 15.4. The van der Waals surface area contributed by atoms with E-state index in [2.05, 4.69) is 20.0 Å². The first-order valence-corrected chi connectivity index (χ1v) is 5.69. The van der Waals surface area contributed by atoms with Gasteiger partial charge in [0.25, 0.3) is 11.7 Å². The number of hydrogen-bond acceptors (Lipinski definition) is 5. The molecule has 0 saturated carbocycles. The van der Waals surface area contributed by atoms with Crippen molar-refractivity contribution in [3.05, 3.63) is 47.1 Å². The minimum atomic E-state index is -1.52. The van der Waals surface area contributed by atoms with Crippen LogP contribution < -0.4 is 5.32 Å². The number of aryl methyl sites for hydroxylation is 1. The third-order valence-electron chi connectivity index (χ3n) is 2.52. The van der Waals surface area contributed by atoms with Crippen molar-refractivity contribution in [1.82, 2.24) is 15.5 Å². The fraction of sp³-hybridized carbons (Fsp3) is 0.250. The predicted molar refractivity (Wildman–Crippen MR) is 62.7 cm³/mol. The van der Waals surface area contributed by atoms with Crippen LogP contribution in [0.1, 0.15) is 28.2 Å². The van der Waals surface area contributed by atoms with E-state index in [9.17, 15) is 18.7 Å². The minimum absolute atomic E-state index is 0.204.